The van der Waals surface area contributed by atoms with E-state index in [1.165, 1.54) is 12.7 Å². The molecule has 2 aromatic carbocycles. The first-order valence-corrected chi connectivity index (χ1v) is 10.9. The summed E-state index contributed by atoms with van der Waals surface area (Å²) >= 11 is 0. The predicted molar refractivity (Wildman–Crippen MR) is 121 cm³/mol. The van der Waals surface area contributed by atoms with Crippen LogP contribution in [0.2, 0.25) is 0 Å². The molecule has 7 nitrogen and oxygen atoms in total. The molecule has 2 aromatic rings. The second-order valence-electron chi connectivity index (χ2n) is 7.65. The first kappa shape index (κ1) is 23.1. The van der Waals surface area contributed by atoms with Crippen molar-refractivity contribution in [1.82, 2.24) is 9.80 Å². The lowest BCUT2D eigenvalue weighted by atomic mass is 10.1. The fourth-order valence-electron chi connectivity index (χ4n) is 3.64. The largest absolute Gasteiger partial charge is 0.493 e. The molecule has 1 aliphatic rings. The van der Waals surface area contributed by atoms with Crippen molar-refractivity contribution < 1.29 is 19.1 Å². The van der Waals surface area contributed by atoms with Crippen LogP contribution in [0.5, 0.6) is 11.5 Å². The van der Waals surface area contributed by atoms with Crippen molar-refractivity contribution in [3.63, 3.8) is 0 Å². The summed E-state index contributed by atoms with van der Waals surface area (Å²) in [5.74, 6) is 1.14. The molecule has 0 aromatic heterocycles. The molecule has 0 N–H and O–H groups in total. The van der Waals surface area contributed by atoms with Crippen LogP contribution in [0.15, 0.2) is 42.5 Å². The molecule has 0 saturated carbocycles. The van der Waals surface area contributed by atoms with Gasteiger partial charge in [0.1, 0.15) is 0 Å². The molecule has 0 radical (unpaired) electrons. The van der Waals surface area contributed by atoms with Gasteiger partial charge in [0.25, 0.3) is 5.91 Å². The molecule has 7 heteroatoms. The number of amides is 2. The number of piperazine rings is 1. The molecule has 0 aliphatic carbocycles. The molecule has 0 unspecified atom stereocenters. The van der Waals surface area contributed by atoms with Crippen molar-refractivity contribution in [3.05, 3.63) is 59.2 Å². The predicted octanol–water partition coefficient (Wildman–Crippen LogP) is 3.27. The number of nitriles is 1. The monoisotopic (exact) mass is 435 g/mol. The summed E-state index contributed by atoms with van der Waals surface area (Å²) in [4.78, 5) is 28.9. The van der Waals surface area contributed by atoms with E-state index in [1.54, 1.807) is 18.2 Å². The fraction of sp³-hybridized carbons (Fsp3) is 0.400. The van der Waals surface area contributed by atoms with Crippen molar-refractivity contribution in [1.29, 1.82) is 5.26 Å². The van der Waals surface area contributed by atoms with Crippen LogP contribution in [-0.4, -0.2) is 61.5 Å². The van der Waals surface area contributed by atoms with E-state index in [-0.39, 0.29) is 11.8 Å². The Labute approximate surface area is 189 Å². The summed E-state index contributed by atoms with van der Waals surface area (Å²) in [5.41, 5.74) is 2.40. The lowest BCUT2D eigenvalue weighted by molar-refractivity contribution is -0.132. The van der Waals surface area contributed by atoms with Crippen LogP contribution >= 0.6 is 0 Å². The summed E-state index contributed by atoms with van der Waals surface area (Å²) in [6, 6.07) is 14.8. The summed E-state index contributed by atoms with van der Waals surface area (Å²) < 4.78 is 11.0. The molecule has 1 fully saturated rings. The van der Waals surface area contributed by atoms with Crippen LogP contribution in [0.1, 0.15) is 41.3 Å². The minimum atomic E-state index is 0.0181. The Morgan fingerprint density at radius 1 is 1.00 bits per heavy atom. The summed E-state index contributed by atoms with van der Waals surface area (Å²) in [7, 11) is 1.53. The van der Waals surface area contributed by atoms with Crippen LogP contribution in [-0.2, 0) is 11.2 Å². The number of hydrogen-bond acceptors (Lipinski definition) is 5. The first-order chi connectivity index (χ1) is 15.5. The van der Waals surface area contributed by atoms with Crippen molar-refractivity contribution in [2.75, 3.05) is 39.9 Å². The van der Waals surface area contributed by atoms with E-state index >= 15 is 0 Å². The molecule has 2 amide bonds. The van der Waals surface area contributed by atoms with Crippen LogP contribution in [0.25, 0.3) is 0 Å². The zero-order chi connectivity index (χ0) is 22.9. The normalized spacial score (nSPS) is 13.4. The Morgan fingerprint density at radius 3 is 2.31 bits per heavy atom. The minimum Gasteiger partial charge on any atom is -0.493 e. The third-order valence-corrected chi connectivity index (χ3v) is 5.61. The van der Waals surface area contributed by atoms with Gasteiger partial charge in [-0.05, 0) is 42.7 Å². The highest BCUT2D eigenvalue weighted by molar-refractivity contribution is 5.94. The van der Waals surface area contributed by atoms with Crippen molar-refractivity contribution >= 4 is 11.8 Å². The van der Waals surface area contributed by atoms with Crippen LogP contribution in [0.3, 0.4) is 0 Å². The number of carbonyl (C=O) groups excluding carboxylic acids is 2. The van der Waals surface area contributed by atoms with Crippen LogP contribution in [0, 0.1) is 11.3 Å². The van der Waals surface area contributed by atoms with Gasteiger partial charge in [0.15, 0.2) is 11.5 Å². The third-order valence-electron chi connectivity index (χ3n) is 5.61. The molecule has 0 bridgehead atoms. The first-order valence-electron chi connectivity index (χ1n) is 10.9. The van der Waals surface area contributed by atoms with E-state index in [2.05, 4.69) is 13.0 Å². The average molecular weight is 436 g/mol. The molecular formula is C25H29N3O4. The third kappa shape index (κ3) is 5.79. The van der Waals surface area contributed by atoms with Gasteiger partial charge in [-0.2, -0.15) is 5.26 Å². The van der Waals surface area contributed by atoms with Gasteiger partial charge < -0.3 is 19.3 Å². The van der Waals surface area contributed by atoms with Crippen LogP contribution < -0.4 is 9.47 Å². The maximum absolute atomic E-state index is 12.7. The molecule has 168 valence electrons. The number of rotatable bonds is 8. The molecule has 1 heterocycles. The quantitative estimate of drug-likeness (QED) is 0.595. The van der Waals surface area contributed by atoms with E-state index in [9.17, 15) is 9.59 Å². The maximum atomic E-state index is 12.7. The van der Waals surface area contributed by atoms with Gasteiger partial charge in [-0.3, -0.25) is 9.59 Å². The minimum absolute atomic E-state index is 0.0181. The zero-order valence-corrected chi connectivity index (χ0v) is 18.7. The topological polar surface area (TPSA) is 82.9 Å². The second kappa shape index (κ2) is 11.2. The average Bonchev–Trinajstić information content (AvgIpc) is 2.86. The van der Waals surface area contributed by atoms with Gasteiger partial charge in [0, 0.05) is 44.2 Å². The Bertz CT molecular complexity index is 974. The highest BCUT2D eigenvalue weighted by Crippen LogP contribution is 2.28. The highest BCUT2D eigenvalue weighted by Gasteiger charge is 2.24. The van der Waals surface area contributed by atoms with Crippen LogP contribution in [0.4, 0.5) is 0 Å². The fourth-order valence-corrected chi connectivity index (χ4v) is 3.64. The van der Waals surface area contributed by atoms with Gasteiger partial charge in [-0.25, -0.2) is 0 Å². The van der Waals surface area contributed by atoms with E-state index in [0.29, 0.717) is 68.3 Å². The van der Waals surface area contributed by atoms with E-state index in [4.69, 9.17) is 14.7 Å². The smallest absolute Gasteiger partial charge is 0.253 e. The number of carbonyl (C=O) groups is 2. The molecule has 3 rings (SSSR count). The maximum Gasteiger partial charge on any atom is 0.253 e. The Morgan fingerprint density at radius 2 is 1.69 bits per heavy atom. The van der Waals surface area contributed by atoms with Gasteiger partial charge >= 0.3 is 0 Å². The molecular weight excluding hydrogens is 406 g/mol. The number of aryl methyl sites for hydroxylation is 1. The van der Waals surface area contributed by atoms with Gasteiger partial charge in [0.05, 0.1) is 25.3 Å². The van der Waals surface area contributed by atoms with E-state index in [0.717, 1.165) is 6.42 Å². The standard InChI is InChI=1S/C25H29N3O4/c1-3-19-6-9-21(10-7-19)25(30)28-14-12-27(13-15-28)24(29)5-4-16-32-22-11-8-20(18-26)17-23(22)31-2/h6-11,17H,3-5,12-16H2,1-2H3. The SMILES string of the molecule is CCc1ccc(C(=O)N2CCN(C(=O)CCCOc3ccc(C#N)cc3OC)CC2)cc1. The van der Waals surface area contributed by atoms with Gasteiger partial charge in [-0.1, -0.05) is 19.1 Å². The Hall–Kier alpha value is -3.53. The number of benzene rings is 2. The molecule has 0 atom stereocenters. The second-order valence-corrected chi connectivity index (χ2v) is 7.65. The summed E-state index contributed by atoms with van der Waals surface area (Å²) in [5, 5.41) is 8.96. The lowest BCUT2D eigenvalue weighted by Crippen LogP contribution is -2.50. The highest BCUT2D eigenvalue weighted by atomic mass is 16.5. The summed E-state index contributed by atoms with van der Waals surface area (Å²) in [6.45, 7) is 4.63. The van der Waals surface area contributed by atoms with Crippen molar-refractivity contribution in [3.8, 4) is 17.6 Å². The number of ether oxygens (including phenoxy) is 2. The van der Waals surface area contributed by atoms with Crippen molar-refractivity contribution in [2.24, 2.45) is 0 Å². The summed E-state index contributed by atoms with van der Waals surface area (Å²) in [6.07, 6.45) is 1.90. The Balaban J connectivity index is 1.41. The van der Waals surface area contributed by atoms with E-state index < -0.39 is 0 Å². The molecule has 1 aliphatic heterocycles. The molecule has 0 spiro atoms. The van der Waals surface area contributed by atoms with Gasteiger partial charge in [-0.15, -0.1) is 0 Å². The molecule has 1 saturated heterocycles. The zero-order valence-electron chi connectivity index (χ0n) is 18.7. The number of methoxy groups -OCH3 is 1. The number of hydrogen-bond donors (Lipinski definition) is 0. The van der Waals surface area contributed by atoms with Gasteiger partial charge in [0.2, 0.25) is 5.91 Å². The number of nitrogens with zero attached hydrogens (tertiary/aromatic N) is 3. The lowest BCUT2D eigenvalue weighted by Gasteiger charge is -2.35. The van der Waals surface area contributed by atoms with Crippen molar-refractivity contribution in [2.45, 2.75) is 26.2 Å². The van der Waals surface area contributed by atoms with E-state index in [1.807, 2.05) is 34.1 Å². The Kier molecular flexibility index (Phi) is 8.09. The molecule has 32 heavy (non-hydrogen) atoms.